The normalized spacial score (nSPS) is 10.8. The Kier molecular flexibility index (Phi) is 2.87. The number of hydrogen-bond donors (Lipinski definition) is 2. The third kappa shape index (κ3) is 2.27. The molecular formula is C14H11F2N3. The van der Waals surface area contributed by atoms with Gasteiger partial charge in [-0.2, -0.15) is 5.10 Å². The number of anilines is 1. The second-order valence-corrected chi connectivity index (χ2v) is 4.23. The molecule has 96 valence electrons. The quantitative estimate of drug-likeness (QED) is 0.756. The van der Waals surface area contributed by atoms with Gasteiger partial charge in [-0.05, 0) is 30.3 Å². The van der Waals surface area contributed by atoms with E-state index in [-0.39, 0.29) is 6.54 Å². The third-order valence-electron chi connectivity index (χ3n) is 2.96. The molecule has 2 N–H and O–H groups in total. The number of nitrogens with zero attached hydrogens (tertiary/aromatic N) is 1. The SMILES string of the molecule is Fc1ccc(F)c(CNc2cccc3[nH]ncc23)c1. The standard InChI is InChI=1S/C14H11F2N3/c15-10-4-5-12(16)9(6-10)7-17-13-2-1-3-14-11(13)8-18-19-14/h1-6,8,17H,7H2,(H,18,19). The summed E-state index contributed by atoms with van der Waals surface area (Å²) in [5.74, 6) is -0.868. The van der Waals surface area contributed by atoms with E-state index < -0.39 is 11.6 Å². The Bertz CT molecular complexity index is 722. The highest BCUT2D eigenvalue weighted by Crippen LogP contribution is 2.22. The zero-order valence-electron chi connectivity index (χ0n) is 9.95. The molecule has 5 heteroatoms. The van der Waals surface area contributed by atoms with E-state index in [0.29, 0.717) is 5.56 Å². The lowest BCUT2D eigenvalue weighted by Gasteiger charge is -2.08. The van der Waals surface area contributed by atoms with E-state index in [1.54, 1.807) is 6.20 Å². The summed E-state index contributed by atoms with van der Waals surface area (Å²) in [6, 6.07) is 9.06. The van der Waals surface area contributed by atoms with Crippen LogP contribution in [0.3, 0.4) is 0 Å². The number of fused-ring (bicyclic) bond motifs is 1. The summed E-state index contributed by atoms with van der Waals surface area (Å²) in [6.45, 7) is 0.216. The number of H-pyrrole nitrogens is 1. The lowest BCUT2D eigenvalue weighted by atomic mass is 10.2. The van der Waals surface area contributed by atoms with E-state index in [1.165, 1.54) is 6.07 Å². The Balaban J connectivity index is 1.86. The van der Waals surface area contributed by atoms with Crippen LogP contribution in [0.15, 0.2) is 42.6 Å². The molecule has 0 atom stereocenters. The summed E-state index contributed by atoms with van der Waals surface area (Å²) < 4.78 is 26.6. The van der Waals surface area contributed by atoms with Gasteiger partial charge in [-0.1, -0.05) is 6.07 Å². The Morgan fingerprint density at radius 3 is 2.95 bits per heavy atom. The second-order valence-electron chi connectivity index (χ2n) is 4.23. The van der Waals surface area contributed by atoms with E-state index in [9.17, 15) is 8.78 Å². The first kappa shape index (κ1) is 11.6. The molecule has 0 unspecified atom stereocenters. The van der Waals surface area contributed by atoms with Crippen molar-refractivity contribution in [3.8, 4) is 0 Å². The molecule has 3 rings (SSSR count). The fourth-order valence-corrected chi connectivity index (χ4v) is 1.99. The summed E-state index contributed by atoms with van der Waals surface area (Å²) in [5, 5.41) is 10.8. The molecule has 1 heterocycles. The topological polar surface area (TPSA) is 40.7 Å². The molecule has 0 aliphatic rings. The predicted molar refractivity (Wildman–Crippen MR) is 69.8 cm³/mol. The highest BCUT2D eigenvalue weighted by atomic mass is 19.1. The van der Waals surface area contributed by atoms with Crippen LogP contribution in [0.25, 0.3) is 10.9 Å². The van der Waals surface area contributed by atoms with Gasteiger partial charge in [0.05, 0.1) is 11.7 Å². The summed E-state index contributed by atoms with van der Waals surface area (Å²) >= 11 is 0. The summed E-state index contributed by atoms with van der Waals surface area (Å²) in [5.41, 5.74) is 2.01. The van der Waals surface area contributed by atoms with E-state index in [0.717, 1.165) is 28.7 Å². The molecular weight excluding hydrogens is 248 g/mol. The molecule has 3 nitrogen and oxygen atoms in total. The maximum absolute atomic E-state index is 13.5. The van der Waals surface area contributed by atoms with Crippen LogP contribution < -0.4 is 5.32 Å². The van der Waals surface area contributed by atoms with E-state index in [1.807, 2.05) is 18.2 Å². The second kappa shape index (κ2) is 4.68. The van der Waals surface area contributed by atoms with Crippen molar-refractivity contribution < 1.29 is 8.78 Å². The molecule has 0 saturated carbocycles. The van der Waals surface area contributed by atoms with Crippen LogP contribution in [0.4, 0.5) is 14.5 Å². The van der Waals surface area contributed by atoms with E-state index >= 15 is 0 Å². The summed E-state index contributed by atoms with van der Waals surface area (Å²) in [6.07, 6.45) is 1.69. The van der Waals surface area contributed by atoms with Crippen LogP contribution in [-0.4, -0.2) is 10.2 Å². The van der Waals surface area contributed by atoms with Crippen molar-refractivity contribution in [3.05, 3.63) is 59.8 Å². The Hall–Kier alpha value is -2.43. The van der Waals surface area contributed by atoms with Gasteiger partial charge in [-0.15, -0.1) is 0 Å². The largest absolute Gasteiger partial charge is 0.380 e. The molecule has 0 bridgehead atoms. The van der Waals surface area contributed by atoms with Crippen LogP contribution in [-0.2, 0) is 6.54 Å². The third-order valence-corrected chi connectivity index (χ3v) is 2.96. The van der Waals surface area contributed by atoms with Crippen LogP contribution in [0.5, 0.6) is 0 Å². The molecule has 0 saturated heterocycles. The van der Waals surface area contributed by atoms with Crippen molar-refractivity contribution in [1.82, 2.24) is 10.2 Å². The van der Waals surface area contributed by atoms with E-state index in [4.69, 9.17) is 0 Å². The minimum absolute atomic E-state index is 0.216. The molecule has 0 fully saturated rings. The number of aromatic amines is 1. The summed E-state index contributed by atoms with van der Waals surface area (Å²) in [7, 11) is 0. The highest BCUT2D eigenvalue weighted by molar-refractivity contribution is 5.90. The van der Waals surface area contributed by atoms with Gasteiger partial charge in [0.15, 0.2) is 0 Å². The predicted octanol–water partition coefficient (Wildman–Crippen LogP) is 3.45. The highest BCUT2D eigenvalue weighted by Gasteiger charge is 2.06. The monoisotopic (exact) mass is 259 g/mol. The van der Waals surface area contributed by atoms with E-state index in [2.05, 4.69) is 15.5 Å². The van der Waals surface area contributed by atoms with Crippen molar-refractivity contribution in [2.24, 2.45) is 0 Å². The molecule has 19 heavy (non-hydrogen) atoms. The average Bonchev–Trinajstić information content (AvgIpc) is 2.88. The molecule has 0 aliphatic heterocycles. The van der Waals surface area contributed by atoms with Crippen molar-refractivity contribution >= 4 is 16.6 Å². The number of nitrogens with one attached hydrogen (secondary N) is 2. The Morgan fingerprint density at radius 2 is 2.05 bits per heavy atom. The molecule has 0 aliphatic carbocycles. The Morgan fingerprint density at radius 1 is 1.16 bits per heavy atom. The first-order valence-electron chi connectivity index (χ1n) is 5.84. The smallest absolute Gasteiger partial charge is 0.128 e. The average molecular weight is 259 g/mol. The minimum atomic E-state index is -0.445. The fourth-order valence-electron chi connectivity index (χ4n) is 1.99. The van der Waals surface area contributed by atoms with Crippen LogP contribution >= 0.6 is 0 Å². The number of hydrogen-bond acceptors (Lipinski definition) is 2. The maximum Gasteiger partial charge on any atom is 0.128 e. The molecule has 0 amide bonds. The van der Waals surface area contributed by atoms with Crippen molar-refractivity contribution in [2.45, 2.75) is 6.54 Å². The van der Waals surface area contributed by atoms with Gasteiger partial charge in [0.25, 0.3) is 0 Å². The zero-order chi connectivity index (χ0) is 13.2. The van der Waals surface area contributed by atoms with Gasteiger partial charge in [0.2, 0.25) is 0 Å². The van der Waals surface area contributed by atoms with Crippen LogP contribution in [0, 0.1) is 11.6 Å². The van der Waals surface area contributed by atoms with Crippen molar-refractivity contribution in [2.75, 3.05) is 5.32 Å². The molecule has 0 spiro atoms. The molecule has 2 aromatic carbocycles. The van der Waals surface area contributed by atoms with Gasteiger partial charge < -0.3 is 5.32 Å². The Labute approximate surface area is 108 Å². The van der Waals surface area contributed by atoms with Gasteiger partial charge in [0, 0.05) is 23.2 Å². The van der Waals surface area contributed by atoms with Crippen LogP contribution in [0.1, 0.15) is 5.56 Å². The van der Waals surface area contributed by atoms with Crippen molar-refractivity contribution in [3.63, 3.8) is 0 Å². The lowest BCUT2D eigenvalue weighted by molar-refractivity contribution is 0.587. The maximum atomic E-state index is 13.5. The summed E-state index contributed by atoms with van der Waals surface area (Å²) in [4.78, 5) is 0. The molecule has 3 aromatic rings. The molecule has 1 aromatic heterocycles. The van der Waals surface area contributed by atoms with Crippen LogP contribution in [0.2, 0.25) is 0 Å². The minimum Gasteiger partial charge on any atom is -0.380 e. The van der Waals surface area contributed by atoms with Gasteiger partial charge >= 0.3 is 0 Å². The number of halogens is 2. The van der Waals surface area contributed by atoms with Gasteiger partial charge in [0.1, 0.15) is 11.6 Å². The number of rotatable bonds is 3. The number of aromatic nitrogens is 2. The van der Waals surface area contributed by atoms with Crippen molar-refractivity contribution in [1.29, 1.82) is 0 Å². The number of benzene rings is 2. The zero-order valence-corrected chi connectivity index (χ0v) is 9.95. The van der Waals surface area contributed by atoms with Gasteiger partial charge in [-0.25, -0.2) is 8.78 Å². The lowest BCUT2D eigenvalue weighted by Crippen LogP contribution is -2.02. The van der Waals surface area contributed by atoms with Gasteiger partial charge in [-0.3, -0.25) is 5.10 Å². The fraction of sp³-hybridized carbons (Fsp3) is 0.0714. The first-order chi connectivity index (χ1) is 9.24. The molecule has 0 radical (unpaired) electrons. The first-order valence-corrected chi connectivity index (χ1v) is 5.84.